The molecule has 2 aromatic carbocycles. The lowest BCUT2D eigenvalue weighted by molar-refractivity contribution is -0.116. The summed E-state index contributed by atoms with van der Waals surface area (Å²) in [5, 5.41) is 7.47. The van der Waals surface area contributed by atoms with E-state index in [1.54, 1.807) is 30.0 Å². The van der Waals surface area contributed by atoms with Gasteiger partial charge in [-0.15, -0.1) is 0 Å². The Morgan fingerprint density at radius 1 is 1.18 bits per heavy atom. The maximum absolute atomic E-state index is 12.4. The van der Waals surface area contributed by atoms with Gasteiger partial charge in [-0.1, -0.05) is 22.8 Å². The van der Waals surface area contributed by atoms with E-state index < -0.39 is 0 Å². The number of amides is 2. The van der Waals surface area contributed by atoms with Crippen LogP contribution in [0.4, 0.5) is 11.4 Å². The van der Waals surface area contributed by atoms with Crippen molar-refractivity contribution < 1.29 is 14.1 Å². The molecule has 0 spiro atoms. The number of halogens is 1. The molecule has 1 aliphatic rings. The first-order chi connectivity index (χ1) is 13.5. The van der Waals surface area contributed by atoms with Crippen LogP contribution in [-0.4, -0.2) is 23.5 Å². The van der Waals surface area contributed by atoms with E-state index >= 15 is 0 Å². The van der Waals surface area contributed by atoms with E-state index in [-0.39, 0.29) is 18.2 Å². The van der Waals surface area contributed by atoms with Crippen molar-refractivity contribution in [3.63, 3.8) is 0 Å². The summed E-state index contributed by atoms with van der Waals surface area (Å²) < 4.78 is 5.33. The molecule has 3 aromatic rings. The molecular weight excluding hydrogens is 378 g/mol. The number of aromatic nitrogens is 1. The van der Waals surface area contributed by atoms with Gasteiger partial charge in [-0.3, -0.25) is 9.59 Å². The molecule has 2 heterocycles. The first-order valence-electron chi connectivity index (χ1n) is 8.92. The molecule has 0 aliphatic carbocycles. The fourth-order valence-electron chi connectivity index (χ4n) is 3.30. The van der Waals surface area contributed by atoms with Gasteiger partial charge in [0.05, 0.1) is 12.1 Å². The third-order valence-corrected chi connectivity index (χ3v) is 4.93. The lowest BCUT2D eigenvalue weighted by Gasteiger charge is -2.15. The highest BCUT2D eigenvalue weighted by Crippen LogP contribution is 2.31. The SMILES string of the molecule is CC(=O)N1CCc2ccc(NC(=O)Cc3cc(-c4ccc(Cl)cc4)on3)cc21. The van der Waals surface area contributed by atoms with Crippen LogP contribution in [0.1, 0.15) is 18.2 Å². The van der Waals surface area contributed by atoms with Crippen LogP contribution >= 0.6 is 11.6 Å². The van der Waals surface area contributed by atoms with Crippen molar-refractivity contribution in [2.75, 3.05) is 16.8 Å². The Labute approximate surface area is 167 Å². The zero-order valence-electron chi connectivity index (χ0n) is 15.2. The smallest absolute Gasteiger partial charge is 0.230 e. The van der Waals surface area contributed by atoms with E-state index in [1.807, 2.05) is 30.3 Å². The maximum Gasteiger partial charge on any atom is 0.230 e. The van der Waals surface area contributed by atoms with Crippen LogP contribution in [0.2, 0.25) is 5.02 Å². The van der Waals surface area contributed by atoms with Crippen molar-refractivity contribution in [3.8, 4) is 11.3 Å². The predicted molar refractivity (Wildman–Crippen MR) is 107 cm³/mol. The summed E-state index contributed by atoms with van der Waals surface area (Å²) >= 11 is 5.89. The average molecular weight is 396 g/mol. The number of carbonyl (C=O) groups is 2. The highest BCUT2D eigenvalue weighted by molar-refractivity contribution is 6.30. The summed E-state index contributed by atoms with van der Waals surface area (Å²) in [7, 11) is 0. The van der Waals surface area contributed by atoms with Crippen molar-refractivity contribution in [3.05, 3.63) is 64.8 Å². The van der Waals surface area contributed by atoms with Gasteiger partial charge in [0.2, 0.25) is 11.8 Å². The average Bonchev–Trinajstić information content (AvgIpc) is 3.29. The summed E-state index contributed by atoms with van der Waals surface area (Å²) in [6.07, 6.45) is 0.917. The summed E-state index contributed by atoms with van der Waals surface area (Å²) in [5.74, 6) is 0.372. The number of nitrogens with zero attached hydrogens (tertiary/aromatic N) is 2. The Morgan fingerprint density at radius 3 is 2.71 bits per heavy atom. The minimum absolute atomic E-state index is 0.000414. The van der Waals surface area contributed by atoms with Gasteiger partial charge in [0.15, 0.2) is 5.76 Å². The molecule has 0 saturated carbocycles. The lowest BCUT2D eigenvalue weighted by atomic mass is 10.1. The van der Waals surface area contributed by atoms with Crippen LogP contribution in [0.15, 0.2) is 53.1 Å². The third kappa shape index (κ3) is 3.77. The number of hydrogen-bond donors (Lipinski definition) is 1. The van der Waals surface area contributed by atoms with Crippen LogP contribution < -0.4 is 10.2 Å². The Morgan fingerprint density at radius 2 is 1.96 bits per heavy atom. The number of rotatable bonds is 4. The van der Waals surface area contributed by atoms with Gasteiger partial charge in [0.25, 0.3) is 0 Å². The van der Waals surface area contributed by atoms with E-state index in [0.29, 0.717) is 28.7 Å². The summed E-state index contributed by atoms with van der Waals surface area (Å²) in [4.78, 5) is 25.9. The van der Waals surface area contributed by atoms with Crippen molar-refractivity contribution in [2.45, 2.75) is 19.8 Å². The van der Waals surface area contributed by atoms with Gasteiger partial charge >= 0.3 is 0 Å². The summed E-state index contributed by atoms with van der Waals surface area (Å²) in [6.45, 7) is 2.22. The van der Waals surface area contributed by atoms with Crippen molar-refractivity contribution in [1.29, 1.82) is 0 Å². The molecule has 7 heteroatoms. The number of nitrogens with one attached hydrogen (secondary N) is 1. The third-order valence-electron chi connectivity index (χ3n) is 4.67. The lowest BCUT2D eigenvalue weighted by Crippen LogP contribution is -2.25. The monoisotopic (exact) mass is 395 g/mol. The topological polar surface area (TPSA) is 75.4 Å². The molecule has 6 nitrogen and oxygen atoms in total. The minimum Gasteiger partial charge on any atom is -0.356 e. The van der Waals surface area contributed by atoms with Gasteiger partial charge in [-0.25, -0.2) is 0 Å². The molecule has 0 fully saturated rings. The Balaban J connectivity index is 1.43. The molecule has 0 saturated heterocycles. The number of anilines is 2. The highest BCUT2D eigenvalue weighted by atomic mass is 35.5. The molecule has 0 radical (unpaired) electrons. The molecule has 28 heavy (non-hydrogen) atoms. The van der Waals surface area contributed by atoms with Gasteiger partial charge in [0, 0.05) is 41.5 Å². The second kappa shape index (κ2) is 7.48. The van der Waals surface area contributed by atoms with Crippen LogP contribution in [-0.2, 0) is 22.4 Å². The van der Waals surface area contributed by atoms with E-state index in [0.717, 1.165) is 23.2 Å². The first kappa shape index (κ1) is 18.3. The Bertz CT molecular complexity index is 1040. The molecule has 0 bridgehead atoms. The van der Waals surface area contributed by atoms with Crippen molar-refractivity contribution in [1.82, 2.24) is 5.16 Å². The zero-order chi connectivity index (χ0) is 19.7. The molecule has 2 amide bonds. The number of fused-ring (bicyclic) bond motifs is 1. The Hall–Kier alpha value is -3.12. The summed E-state index contributed by atoms with van der Waals surface area (Å²) in [6, 6.07) is 14.6. The van der Waals surface area contributed by atoms with Crippen molar-refractivity contribution >= 4 is 34.8 Å². The Kier molecular flexibility index (Phi) is 4.88. The van der Waals surface area contributed by atoms with Crippen LogP contribution in [0.3, 0.4) is 0 Å². The van der Waals surface area contributed by atoms with E-state index in [9.17, 15) is 9.59 Å². The predicted octanol–water partition coefficient (Wildman–Crippen LogP) is 4.09. The molecular formula is C21H18ClN3O3. The van der Waals surface area contributed by atoms with Gasteiger partial charge in [-0.05, 0) is 48.4 Å². The van der Waals surface area contributed by atoms with E-state index in [2.05, 4.69) is 10.5 Å². The largest absolute Gasteiger partial charge is 0.356 e. The molecule has 0 atom stereocenters. The van der Waals surface area contributed by atoms with Crippen LogP contribution in [0.5, 0.6) is 0 Å². The fourth-order valence-corrected chi connectivity index (χ4v) is 3.43. The standard InChI is InChI=1S/C21H18ClN3O3/c1-13(26)25-9-8-14-4-7-17(10-19(14)25)23-21(27)12-18-11-20(28-24-18)15-2-5-16(22)6-3-15/h2-7,10-11H,8-9,12H2,1H3,(H,23,27). The molecule has 0 unspecified atom stereocenters. The van der Waals surface area contributed by atoms with Gasteiger partial charge < -0.3 is 14.7 Å². The first-order valence-corrected chi connectivity index (χ1v) is 9.30. The van der Waals surface area contributed by atoms with E-state index in [4.69, 9.17) is 16.1 Å². The molecule has 1 N–H and O–H groups in total. The number of benzene rings is 2. The molecule has 1 aliphatic heterocycles. The number of carbonyl (C=O) groups excluding carboxylic acids is 2. The fraction of sp³-hybridized carbons (Fsp3) is 0.190. The minimum atomic E-state index is -0.205. The number of hydrogen-bond acceptors (Lipinski definition) is 4. The quantitative estimate of drug-likeness (QED) is 0.722. The second-order valence-electron chi connectivity index (χ2n) is 6.68. The summed E-state index contributed by atoms with van der Waals surface area (Å²) in [5.41, 5.74) is 3.99. The highest BCUT2D eigenvalue weighted by Gasteiger charge is 2.22. The van der Waals surface area contributed by atoms with E-state index in [1.165, 1.54) is 0 Å². The molecule has 142 valence electrons. The molecule has 4 rings (SSSR count). The molecule has 1 aromatic heterocycles. The van der Waals surface area contributed by atoms with Crippen molar-refractivity contribution in [2.24, 2.45) is 0 Å². The maximum atomic E-state index is 12.4. The van der Waals surface area contributed by atoms with Gasteiger partial charge in [-0.2, -0.15) is 0 Å². The zero-order valence-corrected chi connectivity index (χ0v) is 16.0. The normalized spacial score (nSPS) is 12.7. The second-order valence-corrected chi connectivity index (χ2v) is 7.11. The van der Waals surface area contributed by atoms with Crippen LogP contribution in [0, 0.1) is 0 Å². The van der Waals surface area contributed by atoms with Crippen LogP contribution in [0.25, 0.3) is 11.3 Å². The van der Waals surface area contributed by atoms with Gasteiger partial charge in [0.1, 0.15) is 0 Å².